The molecule has 1 N–H and O–H groups in total. The Morgan fingerprint density at radius 3 is 2.27 bits per heavy atom. The average Bonchev–Trinajstić information content (AvgIpc) is 3.31. The second-order valence-electron chi connectivity index (χ2n) is 9.04. The number of benzene rings is 3. The highest BCUT2D eigenvalue weighted by Crippen LogP contribution is 2.48. The van der Waals surface area contributed by atoms with E-state index >= 15 is 0 Å². The van der Waals surface area contributed by atoms with Gasteiger partial charge in [0.1, 0.15) is 0 Å². The topological polar surface area (TPSA) is 79.4 Å². The van der Waals surface area contributed by atoms with E-state index in [1.54, 1.807) is 25.8 Å². The number of aromatic nitrogens is 3. The second-order valence-corrected chi connectivity index (χ2v) is 9.04. The van der Waals surface area contributed by atoms with Crippen molar-refractivity contribution in [2.24, 2.45) is 14.1 Å². The predicted octanol–water partition coefficient (Wildman–Crippen LogP) is 4.23. The number of aryl methyl sites for hydroxylation is 1. The van der Waals surface area contributed by atoms with Gasteiger partial charge in [-0.05, 0) is 23.8 Å². The minimum absolute atomic E-state index is 0.340. The first kappa shape index (κ1) is 22.7. The van der Waals surface area contributed by atoms with Crippen molar-refractivity contribution in [3.05, 3.63) is 105 Å². The fourth-order valence-corrected chi connectivity index (χ4v) is 5.46. The molecule has 37 heavy (non-hydrogen) atoms. The summed E-state index contributed by atoms with van der Waals surface area (Å²) in [5, 5.41) is 4.14. The van der Waals surface area contributed by atoms with Crippen LogP contribution in [0, 0.1) is 0 Å². The van der Waals surface area contributed by atoms with Gasteiger partial charge < -0.3 is 19.4 Å². The molecule has 3 aromatic carbocycles. The van der Waals surface area contributed by atoms with E-state index < -0.39 is 6.04 Å². The summed E-state index contributed by atoms with van der Waals surface area (Å²) in [5.74, 6) is 1.18. The molecule has 0 spiro atoms. The van der Waals surface area contributed by atoms with Crippen LogP contribution in [-0.4, -0.2) is 27.9 Å². The van der Waals surface area contributed by atoms with Crippen LogP contribution in [0.25, 0.3) is 27.8 Å². The number of nitrogens with zero attached hydrogens (tertiary/aromatic N) is 3. The molecule has 3 heterocycles. The maximum atomic E-state index is 13.8. The first-order valence-corrected chi connectivity index (χ1v) is 11.9. The van der Waals surface area contributed by atoms with Gasteiger partial charge in [-0.25, -0.2) is 4.79 Å². The van der Waals surface area contributed by atoms with E-state index in [4.69, 9.17) is 9.47 Å². The summed E-state index contributed by atoms with van der Waals surface area (Å²) in [6.07, 6.45) is 0. The minimum atomic E-state index is -0.447. The van der Waals surface area contributed by atoms with Crippen molar-refractivity contribution in [2.45, 2.75) is 6.04 Å². The van der Waals surface area contributed by atoms with Crippen LogP contribution >= 0.6 is 0 Å². The quantitative estimate of drug-likeness (QED) is 0.405. The number of rotatable bonds is 4. The van der Waals surface area contributed by atoms with Gasteiger partial charge in [-0.1, -0.05) is 54.6 Å². The van der Waals surface area contributed by atoms with Gasteiger partial charge in [0.2, 0.25) is 0 Å². The van der Waals surface area contributed by atoms with Crippen LogP contribution in [0.4, 0.5) is 5.69 Å². The van der Waals surface area contributed by atoms with Crippen molar-refractivity contribution in [3.63, 3.8) is 0 Å². The van der Waals surface area contributed by atoms with Crippen LogP contribution in [0.3, 0.4) is 0 Å². The third-order valence-electron chi connectivity index (χ3n) is 7.12. The SMILES string of the molecule is COc1cccc([C@H]2Nc3ccccc3-n3c(-c4ccccc4)c4c(=O)n(C)c(=O)n(C)c4c32)c1OC. The highest BCUT2D eigenvalue weighted by molar-refractivity contribution is 5.99. The van der Waals surface area contributed by atoms with Crippen LogP contribution in [0.1, 0.15) is 17.3 Å². The third kappa shape index (κ3) is 3.15. The van der Waals surface area contributed by atoms with Gasteiger partial charge in [0.25, 0.3) is 5.56 Å². The van der Waals surface area contributed by atoms with Gasteiger partial charge in [-0.3, -0.25) is 13.9 Å². The van der Waals surface area contributed by atoms with E-state index in [0.29, 0.717) is 22.4 Å². The van der Waals surface area contributed by atoms with Crippen molar-refractivity contribution in [2.75, 3.05) is 19.5 Å². The van der Waals surface area contributed by atoms with Crippen molar-refractivity contribution in [1.82, 2.24) is 13.7 Å². The van der Waals surface area contributed by atoms with Crippen molar-refractivity contribution in [3.8, 4) is 28.4 Å². The number of methoxy groups -OCH3 is 2. The summed E-state index contributed by atoms with van der Waals surface area (Å²) < 4.78 is 16.2. The molecule has 0 bridgehead atoms. The molecule has 1 atom stereocenters. The Morgan fingerprint density at radius 2 is 1.54 bits per heavy atom. The van der Waals surface area contributed by atoms with E-state index in [1.165, 1.54) is 11.6 Å². The number of anilines is 1. The Balaban J connectivity index is 1.86. The first-order valence-electron chi connectivity index (χ1n) is 11.9. The molecule has 8 nitrogen and oxygen atoms in total. The average molecular weight is 495 g/mol. The molecular formula is C29H26N4O4. The van der Waals surface area contributed by atoms with Crippen LogP contribution in [0.2, 0.25) is 0 Å². The molecule has 1 aliphatic heterocycles. The summed E-state index contributed by atoms with van der Waals surface area (Å²) in [6.45, 7) is 0. The lowest BCUT2D eigenvalue weighted by Gasteiger charge is -2.32. The molecule has 0 amide bonds. The Labute approximate surface area is 212 Å². The maximum absolute atomic E-state index is 13.8. The molecule has 2 aromatic heterocycles. The second kappa shape index (κ2) is 8.44. The van der Waals surface area contributed by atoms with Gasteiger partial charge in [0.05, 0.1) is 53.9 Å². The van der Waals surface area contributed by atoms with Crippen molar-refractivity contribution < 1.29 is 9.47 Å². The molecule has 0 saturated heterocycles. The Morgan fingerprint density at radius 1 is 0.811 bits per heavy atom. The first-order chi connectivity index (χ1) is 18.0. The van der Waals surface area contributed by atoms with Crippen molar-refractivity contribution in [1.29, 1.82) is 0 Å². The standard InChI is InChI=1S/C29H26N4O4/c1-31-25-22(28(34)32(2)29(31)35)24(17-11-6-5-7-12-17)33-20-15-9-8-14-19(20)30-23(26(25)33)18-13-10-16-21(36-3)27(18)37-4/h5-16,23,30H,1-4H3/t23-/m1/s1. The third-order valence-corrected chi connectivity index (χ3v) is 7.12. The zero-order valence-electron chi connectivity index (χ0n) is 21.0. The number of nitrogens with one attached hydrogen (secondary N) is 1. The van der Waals surface area contributed by atoms with Crippen LogP contribution in [0.15, 0.2) is 82.4 Å². The molecule has 0 radical (unpaired) electrons. The molecule has 0 unspecified atom stereocenters. The molecular weight excluding hydrogens is 468 g/mol. The lowest BCUT2D eigenvalue weighted by Crippen LogP contribution is -2.37. The number of fused-ring (bicyclic) bond motifs is 5. The predicted molar refractivity (Wildman–Crippen MR) is 144 cm³/mol. The highest BCUT2D eigenvalue weighted by atomic mass is 16.5. The molecule has 0 saturated carbocycles. The molecule has 6 rings (SSSR count). The maximum Gasteiger partial charge on any atom is 0.331 e. The van der Waals surface area contributed by atoms with Crippen LogP contribution in [0.5, 0.6) is 11.5 Å². The number of hydrogen-bond acceptors (Lipinski definition) is 5. The van der Waals surface area contributed by atoms with Gasteiger partial charge in [-0.15, -0.1) is 0 Å². The molecule has 1 aliphatic rings. The Hall–Kier alpha value is -4.72. The summed E-state index contributed by atoms with van der Waals surface area (Å²) in [4.78, 5) is 27.0. The largest absolute Gasteiger partial charge is 0.493 e. The summed E-state index contributed by atoms with van der Waals surface area (Å²) >= 11 is 0. The summed E-state index contributed by atoms with van der Waals surface area (Å²) in [6, 6.07) is 23.0. The smallest absolute Gasteiger partial charge is 0.331 e. The van der Waals surface area contributed by atoms with Gasteiger partial charge in [0.15, 0.2) is 11.5 Å². The van der Waals surface area contributed by atoms with Gasteiger partial charge >= 0.3 is 5.69 Å². The highest BCUT2D eigenvalue weighted by Gasteiger charge is 2.36. The van der Waals surface area contributed by atoms with Gasteiger partial charge in [0, 0.05) is 19.7 Å². The number of hydrogen-bond donors (Lipinski definition) is 1. The number of para-hydroxylation sites is 3. The molecule has 0 aliphatic carbocycles. The van der Waals surface area contributed by atoms with E-state index in [1.807, 2.05) is 72.8 Å². The molecule has 5 aromatic rings. The van der Waals surface area contributed by atoms with E-state index in [9.17, 15) is 9.59 Å². The van der Waals surface area contributed by atoms with E-state index in [2.05, 4.69) is 9.88 Å². The molecule has 8 heteroatoms. The lowest BCUT2D eigenvalue weighted by atomic mass is 9.98. The monoisotopic (exact) mass is 494 g/mol. The van der Waals surface area contributed by atoms with Crippen LogP contribution < -0.4 is 26.0 Å². The fourth-order valence-electron chi connectivity index (χ4n) is 5.46. The number of ether oxygens (including phenoxy) is 2. The van der Waals surface area contributed by atoms with E-state index in [-0.39, 0.29) is 11.2 Å². The lowest BCUT2D eigenvalue weighted by molar-refractivity contribution is 0.351. The molecule has 186 valence electrons. The zero-order valence-corrected chi connectivity index (χ0v) is 21.0. The normalized spacial score (nSPS) is 14.1. The summed E-state index contributed by atoms with van der Waals surface area (Å²) in [7, 11) is 6.44. The molecule has 0 fully saturated rings. The fraction of sp³-hybridized carbons (Fsp3) is 0.172. The minimum Gasteiger partial charge on any atom is -0.493 e. The van der Waals surface area contributed by atoms with Gasteiger partial charge in [-0.2, -0.15) is 0 Å². The zero-order chi connectivity index (χ0) is 25.8. The van der Waals surface area contributed by atoms with E-state index in [0.717, 1.165) is 33.9 Å². The summed E-state index contributed by atoms with van der Waals surface area (Å²) in [5.41, 5.74) is 4.84. The van der Waals surface area contributed by atoms with Crippen LogP contribution in [-0.2, 0) is 14.1 Å². The Bertz CT molecular complexity index is 1800. The van der Waals surface area contributed by atoms with Crippen molar-refractivity contribution >= 4 is 16.6 Å². The Kier molecular flexibility index (Phi) is 5.19.